The van der Waals surface area contributed by atoms with Gasteiger partial charge in [0.2, 0.25) is 0 Å². The Bertz CT molecular complexity index is 329. The molecule has 0 atom stereocenters. The maximum atomic E-state index is 4.44. The zero-order valence-electron chi connectivity index (χ0n) is 10.9. The maximum Gasteiger partial charge on any atom is 0.101 e. The highest BCUT2D eigenvalue weighted by Crippen LogP contribution is 2.24. The second kappa shape index (κ2) is 5.69. The summed E-state index contributed by atoms with van der Waals surface area (Å²) in [5.41, 5.74) is 1.44. The first-order valence-corrected chi connectivity index (χ1v) is 6.62. The van der Waals surface area contributed by atoms with E-state index < -0.39 is 0 Å². The molecule has 0 radical (unpaired) electrons. The van der Waals surface area contributed by atoms with Gasteiger partial charge < -0.3 is 5.32 Å². The maximum absolute atomic E-state index is 4.44. The minimum Gasteiger partial charge on any atom is -0.308 e. The van der Waals surface area contributed by atoms with Crippen molar-refractivity contribution in [3.05, 3.63) is 23.9 Å². The molecule has 1 rings (SSSR count). The number of rotatable bonds is 4. The molecular weight excluding hydrogens is 216 g/mol. The molecule has 0 bridgehead atoms. The third kappa shape index (κ3) is 4.99. The van der Waals surface area contributed by atoms with Crippen molar-refractivity contribution < 1.29 is 0 Å². The Morgan fingerprint density at radius 2 is 2.06 bits per heavy atom. The Hall–Kier alpha value is -0.540. The van der Waals surface area contributed by atoms with Gasteiger partial charge in [-0.2, -0.15) is 0 Å². The van der Waals surface area contributed by atoms with Crippen LogP contribution in [-0.4, -0.2) is 15.8 Å². The van der Waals surface area contributed by atoms with Crippen molar-refractivity contribution >= 4 is 11.8 Å². The van der Waals surface area contributed by atoms with E-state index in [1.165, 1.54) is 5.56 Å². The molecule has 1 heterocycles. The van der Waals surface area contributed by atoms with Gasteiger partial charge in [0.1, 0.15) is 5.03 Å². The van der Waals surface area contributed by atoms with Crippen LogP contribution in [0.25, 0.3) is 0 Å². The smallest absolute Gasteiger partial charge is 0.101 e. The molecule has 1 N–H and O–H groups in total. The quantitative estimate of drug-likeness (QED) is 0.813. The van der Waals surface area contributed by atoms with Gasteiger partial charge in [0.25, 0.3) is 0 Å². The van der Waals surface area contributed by atoms with Gasteiger partial charge in [-0.05, 0) is 32.4 Å². The largest absolute Gasteiger partial charge is 0.308 e. The predicted molar refractivity (Wildman–Crippen MR) is 71.8 cm³/mol. The normalized spacial score (nSPS) is 12.1. The zero-order valence-corrected chi connectivity index (χ0v) is 11.7. The summed E-state index contributed by atoms with van der Waals surface area (Å²) in [6, 6.07) is 4.15. The Kier molecular flexibility index (Phi) is 4.81. The first-order chi connectivity index (χ1) is 7.38. The van der Waals surface area contributed by atoms with Crippen molar-refractivity contribution in [1.82, 2.24) is 10.3 Å². The lowest BCUT2D eigenvalue weighted by atomic mass is 10.1. The molecule has 0 aliphatic carbocycles. The van der Waals surface area contributed by atoms with Crippen LogP contribution in [0.15, 0.2) is 23.4 Å². The zero-order chi connectivity index (χ0) is 12.2. The molecule has 16 heavy (non-hydrogen) atoms. The van der Waals surface area contributed by atoms with Gasteiger partial charge in [0, 0.05) is 23.5 Å². The molecule has 0 aromatic carbocycles. The summed E-state index contributed by atoms with van der Waals surface area (Å²) in [6.45, 7) is 11.8. The lowest BCUT2D eigenvalue weighted by Crippen LogP contribution is -2.35. The second-order valence-corrected chi connectivity index (χ2v) is 6.80. The average molecular weight is 238 g/mol. The van der Waals surface area contributed by atoms with Gasteiger partial charge in [-0.3, -0.25) is 0 Å². The highest BCUT2D eigenvalue weighted by Gasteiger charge is 2.11. The average Bonchev–Trinajstić information content (AvgIpc) is 2.14. The van der Waals surface area contributed by atoms with Gasteiger partial charge in [0.15, 0.2) is 0 Å². The molecule has 1 aromatic rings. The van der Waals surface area contributed by atoms with Crippen molar-refractivity contribution in [2.24, 2.45) is 0 Å². The molecular formula is C13H22N2S. The summed E-state index contributed by atoms with van der Waals surface area (Å²) in [4.78, 5) is 4.44. The fraction of sp³-hybridized carbons (Fsp3) is 0.615. The molecule has 0 spiro atoms. The molecule has 0 fully saturated rings. The lowest BCUT2D eigenvalue weighted by molar-refractivity contribution is 0.422. The number of nitrogens with one attached hydrogen (secondary N) is 1. The van der Waals surface area contributed by atoms with E-state index in [1.807, 2.05) is 24.0 Å². The summed E-state index contributed by atoms with van der Waals surface area (Å²) < 4.78 is 0. The van der Waals surface area contributed by atoms with Gasteiger partial charge >= 0.3 is 0 Å². The van der Waals surface area contributed by atoms with E-state index in [1.54, 1.807) is 0 Å². The number of thioether (sulfide) groups is 1. The Labute approximate surface area is 103 Å². The number of pyridine rings is 1. The topological polar surface area (TPSA) is 24.9 Å². The summed E-state index contributed by atoms with van der Waals surface area (Å²) in [5, 5.41) is 5.22. The Balaban J connectivity index is 2.71. The van der Waals surface area contributed by atoms with Crippen molar-refractivity contribution in [1.29, 1.82) is 0 Å². The van der Waals surface area contributed by atoms with Gasteiger partial charge in [-0.1, -0.05) is 19.9 Å². The number of hydrogen-bond donors (Lipinski definition) is 1. The summed E-state index contributed by atoms with van der Waals surface area (Å²) >= 11 is 1.82. The van der Waals surface area contributed by atoms with E-state index in [2.05, 4.69) is 51.0 Å². The summed E-state index contributed by atoms with van der Waals surface area (Å²) in [7, 11) is 0. The lowest BCUT2D eigenvalue weighted by Gasteiger charge is -2.21. The molecule has 1 aromatic heterocycles. The first-order valence-electron chi connectivity index (χ1n) is 5.74. The minimum atomic E-state index is 0.148. The van der Waals surface area contributed by atoms with Crippen LogP contribution in [0.2, 0.25) is 0 Å². The molecule has 0 unspecified atom stereocenters. The molecule has 2 nitrogen and oxygen atoms in total. The Morgan fingerprint density at radius 1 is 1.38 bits per heavy atom. The van der Waals surface area contributed by atoms with E-state index in [0.717, 1.165) is 11.6 Å². The number of aromatic nitrogens is 1. The molecule has 0 aliphatic rings. The molecule has 0 saturated heterocycles. The summed E-state index contributed by atoms with van der Waals surface area (Å²) in [6.07, 6.45) is 1.87. The molecule has 0 aliphatic heterocycles. The van der Waals surface area contributed by atoms with Crippen LogP contribution in [-0.2, 0) is 6.54 Å². The molecule has 90 valence electrons. The highest BCUT2D eigenvalue weighted by atomic mass is 32.2. The van der Waals surface area contributed by atoms with E-state index in [4.69, 9.17) is 0 Å². The molecule has 3 heteroatoms. The van der Waals surface area contributed by atoms with Crippen molar-refractivity contribution in [3.8, 4) is 0 Å². The second-order valence-electron chi connectivity index (χ2n) is 5.24. The van der Waals surface area contributed by atoms with E-state index in [9.17, 15) is 0 Å². The third-order valence-corrected chi connectivity index (χ3v) is 3.07. The predicted octanol–water partition coefficient (Wildman–Crippen LogP) is 3.47. The van der Waals surface area contributed by atoms with Gasteiger partial charge in [0.05, 0.1) is 0 Å². The van der Waals surface area contributed by atoms with Gasteiger partial charge in [-0.25, -0.2) is 4.98 Å². The monoisotopic (exact) mass is 238 g/mol. The first kappa shape index (κ1) is 13.5. The SMILES string of the molecule is CC(C)Sc1ncccc1CNC(C)(C)C. The van der Waals surface area contributed by atoms with Crippen LogP contribution >= 0.6 is 11.8 Å². The molecule has 0 saturated carbocycles. The third-order valence-electron chi connectivity index (χ3n) is 2.01. The van der Waals surface area contributed by atoms with Crippen molar-refractivity contribution in [2.45, 2.75) is 57.0 Å². The van der Waals surface area contributed by atoms with Crippen LogP contribution < -0.4 is 5.32 Å². The molecule has 0 amide bonds. The summed E-state index contributed by atoms with van der Waals surface area (Å²) in [5.74, 6) is 0. The van der Waals surface area contributed by atoms with Gasteiger partial charge in [-0.15, -0.1) is 11.8 Å². The minimum absolute atomic E-state index is 0.148. The van der Waals surface area contributed by atoms with Crippen LogP contribution in [0.3, 0.4) is 0 Å². The van der Waals surface area contributed by atoms with Crippen molar-refractivity contribution in [3.63, 3.8) is 0 Å². The van der Waals surface area contributed by atoms with Crippen LogP contribution in [0, 0.1) is 0 Å². The van der Waals surface area contributed by atoms with E-state index in [0.29, 0.717) is 5.25 Å². The van der Waals surface area contributed by atoms with Crippen LogP contribution in [0.1, 0.15) is 40.2 Å². The van der Waals surface area contributed by atoms with E-state index >= 15 is 0 Å². The van der Waals surface area contributed by atoms with Crippen molar-refractivity contribution in [2.75, 3.05) is 0 Å². The Morgan fingerprint density at radius 3 is 2.62 bits per heavy atom. The van der Waals surface area contributed by atoms with Crippen LogP contribution in [0.4, 0.5) is 0 Å². The fourth-order valence-electron chi connectivity index (χ4n) is 1.25. The highest BCUT2D eigenvalue weighted by molar-refractivity contribution is 7.99. The van der Waals surface area contributed by atoms with Crippen LogP contribution in [0.5, 0.6) is 0 Å². The van der Waals surface area contributed by atoms with E-state index in [-0.39, 0.29) is 5.54 Å². The number of hydrogen-bond acceptors (Lipinski definition) is 3. The fourth-order valence-corrected chi connectivity index (χ4v) is 2.11. The standard InChI is InChI=1S/C13H22N2S/c1-10(2)16-12-11(7-6-8-14-12)9-15-13(3,4)5/h6-8,10,15H,9H2,1-5H3. The number of nitrogens with zero attached hydrogens (tertiary/aromatic N) is 1.